The molecular weight excluding hydrogens is 327 g/mol. The molecule has 130 valence electrons. The number of halogens is 3. The molecule has 2 heterocycles. The van der Waals surface area contributed by atoms with E-state index in [0.29, 0.717) is 23.6 Å². The zero-order valence-electron chi connectivity index (χ0n) is 13.0. The molecule has 1 saturated carbocycles. The predicted molar refractivity (Wildman–Crippen MR) is 77.6 cm³/mol. The van der Waals surface area contributed by atoms with Crippen molar-refractivity contribution in [1.82, 2.24) is 24.1 Å². The van der Waals surface area contributed by atoms with Crippen LogP contribution in [0.1, 0.15) is 43.0 Å². The van der Waals surface area contributed by atoms with Gasteiger partial charge in [-0.1, -0.05) is 12.8 Å². The topological polar surface area (TPSA) is 74.7 Å². The van der Waals surface area contributed by atoms with Gasteiger partial charge in [0.1, 0.15) is 11.3 Å². The molecule has 0 radical (unpaired) electrons. The zero-order valence-corrected chi connectivity index (χ0v) is 13.0. The average molecular weight is 343 g/mol. The molecule has 2 aromatic rings. The third-order valence-corrected chi connectivity index (χ3v) is 4.19. The fourth-order valence-electron chi connectivity index (χ4n) is 3.02. The summed E-state index contributed by atoms with van der Waals surface area (Å²) in [6.45, 7) is -0.345. The molecule has 3 rings (SSSR count). The molecule has 1 aliphatic rings. The molecule has 0 N–H and O–H groups in total. The smallest absolute Gasteiger partial charge is 0.297 e. The second kappa shape index (κ2) is 5.91. The van der Waals surface area contributed by atoms with Gasteiger partial charge in [-0.15, -0.1) is 0 Å². The molecule has 7 nitrogen and oxygen atoms in total. The number of hydrogen-bond donors (Lipinski definition) is 0. The Hall–Kier alpha value is -2.39. The largest absolute Gasteiger partial charge is 0.423 e. The maximum Gasteiger partial charge on any atom is 0.423 e. The summed E-state index contributed by atoms with van der Waals surface area (Å²) < 4.78 is 41.3. The van der Waals surface area contributed by atoms with Gasteiger partial charge in [0.2, 0.25) is 0 Å². The summed E-state index contributed by atoms with van der Waals surface area (Å²) in [5.74, 6) is 0. The van der Waals surface area contributed by atoms with E-state index in [2.05, 4.69) is 10.2 Å². The van der Waals surface area contributed by atoms with Crippen LogP contribution in [0, 0.1) is 0 Å². The summed E-state index contributed by atoms with van der Waals surface area (Å²) in [5.41, 5.74) is -3.19. The lowest BCUT2D eigenvalue weighted by atomic mass is 10.2. The van der Waals surface area contributed by atoms with Crippen molar-refractivity contribution in [1.29, 1.82) is 0 Å². The minimum atomic E-state index is -4.82. The van der Waals surface area contributed by atoms with Crippen LogP contribution in [0.4, 0.5) is 13.2 Å². The predicted octanol–water partition coefficient (Wildman–Crippen LogP) is 1.32. The summed E-state index contributed by atoms with van der Waals surface area (Å²) in [6.07, 6.45) is 0.0969. The minimum Gasteiger partial charge on any atom is -0.297 e. The van der Waals surface area contributed by atoms with Crippen LogP contribution in [0.15, 0.2) is 22.0 Å². The Morgan fingerprint density at radius 3 is 2.46 bits per heavy atom. The van der Waals surface area contributed by atoms with E-state index in [9.17, 15) is 22.8 Å². The molecule has 0 aromatic carbocycles. The second-order valence-corrected chi connectivity index (χ2v) is 5.89. The highest BCUT2D eigenvalue weighted by atomic mass is 19.4. The molecule has 1 fully saturated rings. The molecule has 0 amide bonds. The molecule has 0 bridgehead atoms. The van der Waals surface area contributed by atoms with Gasteiger partial charge < -0.3 is 0 Å². The van der Waals surface area contributed by atoms with Crippen molar-refractivity contribution >= 4 is 0 Å². The lowest BCUT2D eigenvalue weighted by Crippen LogP contribution is -2.44. The Bertz CT molecular complexity index is 859. The third-order valence-electron chi connectivity index (χ3n) is 4.19. The van der Waals surface area contributed by atoms with Crippen molar-refractivity contribution < 1.29 is 13.2 Å². The first kappa shape index (κ1) is 16.5. The highest BCUT2D eigenvalue weighted by Gasteiger charge is 2.37. The first-order chi connectivity index (χ1) is 11.3. The van der Waals surface area contributed by atoms with E-state index in [1.165, 1.54) is 18.0 Å². The lowest BCUT2D eigenvalue weighted by molar-refractivity contribution is -0.139. The van der Waals surface area contributed by atoms with Gasteiger partial charge in [0.25, 0.3) is 5.56 Å². The van der Waals surface area contributed by atoms with E-state index >= 15 is 0 Å². The van der Waals surface area contributed by atoms with E-state index < -0.39 is 23.0 Å². The number of hydrogen-bond acceptors (Lipinski definition) is 4. The van der Waals surface area contributed by atoms with Crippen LogP contribution in [0.3, 0.4) is 0 Å². The number of alkyl halides is 3. The van der Waals surface area contributed by atoms with Gasteiger partial charge in [-0.25, -0.2) is 4.79 Å². The van der Waals surface area contributed by atoms with E-state index in [-0.39, 0.29) is 18.3 Å². The normalized spacial score (nSPS) is 16.0. The SMILES string of the molecule is Cn1ncc(Cn2c(=O)c(C(F)(F)F)cn(C3CCCC3)c2=O)n1. The second-order valence-electron chi connectivity index (χ2n) is 5.89. The fraction of sp³-hybridized carbons (Fsp3) is 0.571. The first-order valence-corrected chi connectivity index (χ1v) is 7.56. The maximum atomic E-state index is 13.2. The quantitative estimate of drug-likeness (QED) is 0.842. The molecule has 0 aliphatic heterocycles. The Morgan fingerprint density at radius 1 is 1.25 bits per heavy atom. The molecule has 0 atom stereocenters. The Kier molecular flexibility index (Phi) is 4.06. The van der Waals surface area contributed by atoms with E-state index in [4.69, 9.17) is 0 Å². The van der Waals surface area contributed by atoms with Crippen LogP contribution in [0.25, 0.3) is 0 Å². The molecule has 0 saturated heterocycles. The van der Waals surface area contributed by atoms with Crippen LogP contribution in [-0.2, 0) is 19.8 Å². The molecule has 24 heavy (non-hydrogen) atoms. The summed E-state index contributed by atoms with van der Waals surface area (Å²) in [5, 5.41) is 7.73. The van der Waals surface area contributed by atoms with Crippen LogP contribution >= 0.6 is 0 Å². The Labute approximate surface area is 134 Å². The number of rotatable bonds is 3. The minimum absolute atomic E-state index is 0.244. The van der Waals surface area contributed by atoms with Gasteiger partial charge >= 0.3 is 11.9 Å². The van der Waals surface area contributed by atoms with E-state index in [1.54, 1.807) is 0 Å². The van der Waals surface area contributed by atoms with Crippen molar-refractivity contribution in [3.63, 3.8) is 0 Å². The van der Waals surface area contributed by atoms with Crippen LogP contribution < -0.4 is 11.2 Å². The van der Waals surface area contributed by atoms with Crippen molar-refractivity contribution in [2.45, 2.75) is 44.4 Å². The van der Waals surface area contributed by atoms with Crippen molar-refractivity contribution in [2.75, 3.05) is 0 Å². The van der Waals surface area contributed by atoms with Gasteiger partial charge in [-0.2, -0.15) is 28.2 Å². The third kappa shape index (κ3) is 3.00. The number of aromatic nitrogens is 5. The van der Waals surface area contributed by atoms with Gasteiger partial charge in [-0.05, 0) is 12.8 Å². The summed E-state index contributed by atoms with van der Waals surface area (Å²) in [6, 6.07) is -0.313. The van der Waals surface area contributed by atoms with Gasteiger partial charge in [-0.3, -0.25) is 13.9 Å². The van der Waals surface area contributed by atoms with Gasteiger partial charge in [0, 0.05) is 19.3 Å². The van der Waals surface area contributed by atoms with Crippen LogP contribution in [0.5, 0.6) is 0 Å². The Balaban J connectivity index is 2.16. The standard InChI is InChI=1S/C14H16F3N5O2/c1-20-18-6-9(19-20)7-22-12(23)11(14(15,16)17)8-21(13(22)24)10-4-2-3-5-10/h6,8,10H,2-5,7H2,1H3. The Morgan fingerprint density at radius 2 is 1.92 bits per heavy atom. The highest BCUT2D eigenvalue weighted by Crippen LogP contribution is 2.30. The van der Waals surface area contributed by atoms with E-state index in [0.717, 1.165) is 17.4 Å². The number of nitrogens with zero attached hydrogens (tertiary/aromatic N) is 5. The molecule has 10 heteroatoms. The average Bonchev–Trinajstić information content (AvgIpc) is 3.14. The molecule has 0 unspecified atom stereocenters. The van der Waals surface area contributed by atoms with Crippen molar-refractivity contribution in [2.24, 2.45) is 7.05 Å². The molecule has 0 spiro atoms. The number of aryl methyl sites for hydroxylation is 1. The monoisotopic (exact) mass is 343 g/mol. The molecule has 1 aliphatic carbocycles. The summed E-state index contributed by atoms with van der Waals surface area (Å²) >= 11 is 0. The van der Waals surface area contributed by atoms with Crippen molar-refractivity contribution in [3.05, 3.63) is 44.5 Å². The summed E-state index contributed by atoms with van der Waals surface area (Å²) in [7, 11) is 1.54. The van der Waals surface area contributed by atoms with Gasteiger partial charge in [0.15, 0.2) is 0 Å². The maximum absolute atomic E-state index is 13.2. The molecule has 2 aromatic heterocycles. The summed E-state index contributed by atoms with van der Waals surface area (Å²) in [4.78, 5) is 26.0. The van der Waals surface area contributed by atoms with Crippen molar-refractivity contribution in [3.8, 4) is 0 Å². The first-order valence-electron chi connectivity index (χ1n) is 7.56. The van der Waals surface area contributed by atoms with E-state index in [1.807, 2.05) is 0 Å². The molecular formula is C14H16F3N5O2. The lowest BCUT2D eigenvalue weighted by Gasteiger charge is -2.18. The van der Waals surface area contributed by atoms with Crippen LogP contribution in [0.2, 0.25) is 0 Å². The zero-order chi connectivity index (χ0) is 17.5. The highest BCUT2D eigenvalue weighted by molar-refractivity contribution is 5.12. The van der Waals surface area contributed by atoms with Gasteiger partial charge in [0.05, 0.1) is 12.7 Å². The van der Waals surface area contributed by atoms with Crippen LogP contribution in [-0.4, -0.2) is 24.1 Å². The fourth-order valence-corrected chi connectivity index (χ4v) is 3.02.